The number of nitrogens with zero attached hydrogens (tertiary/aromatic N) is 6. The van der Waals surface area contributed by atoms with E-state index in [9.17, 15) is 5.26 Å². The van der Waals surface area contributed by atoms with Gasteiger partial charge in [-0.2, -0.15) is 10.4 Å². The molecule has 1 saturated heterocycles. The lowest BCUT2D eigenvalue weighted by Crippen LogP contribution is -2.36. The Morgan fingerprint density at radius 2 is 1.72 bits per heavy atom. The summed E-state index contributed by atoms with van der Waals surface area (Å²) in [5, 5.41) is 13.6. The summed E-state index contributed by atoms with van der Waals surface area (Å²) < 4.78 is 1.84. The fraction of sp³-hybridized carbons (Fsp3) is 0.212. The summed E-state index contributed by atoms with van der Waals surface area (Å²) in [5.41, 5.74) is 10.7. The lowest BCUT2D eigenvalue weighted by molar-refractivity contribution is 0.201. The molecule has 2 aliphatic heterocycles. The van der Waals surface area contributed by atoms with E-state index in [-0.39, 0.29) is 0 Å². The molecule has 0 atom stereocenters. The predicted octanol–water partition coefficient (Wildman–Crippen LogP) is 6.48. The first-order valence-electron chi connectivity index (χ1n) is 13.6. The van der Waals surface area contributed by atoms with Crippen molar-refractivity contribution in [3.05, 3.63) is 108 Å². The van der Waals surface area contributed by atoms with Gasteiger partial charge in [-0.3, -0.25) is 9.89 Å². The molecule has 0 N–H and O–H groups in total. The Balaban J connectivity index is 1.03. The summed E-state index contributed by atoms with van der Waals surface area (Å²) in [6, 6.07) is 29.3. The van der Waals surface area contributed by atoms with E-state index in [0.29, 0.717) is 5.92 Å². The van der Waals surface area contributed by atoms with Crippen LogP contribution in [0, 0.1) is 17.2 Å². The molecule has 0 saturated carbocycles. The van der Waals surface area contributed by atoms with Crippen LogP contribution in [-0.4, -0.2) is 38.3 Å². The SMILES string of the molecule is N#Cc1ccc2c(c1)CC(C1CCN(Cc3ccc(-c4nc5ccnn5cc4-c4ccccc4)cc3)CC1)=N2. The maximum Gasteiger partial charge on any atom is 0.155 e. The molecule has 0 bridgehead atoms. The van der Waals surface area contributed by atoms with Crippen molar-refractivity contribution in [1.82, 2.24) is 19.5 Å². The lowest BCUT2D eigenvalue weighted by atomic mass is 9.89. The van der Waals surface area contributed by atoms with E-state index in [1.54, 1.807) is 6.20 Å². The third-order valence-electron chi connectivity index (χ3n) is 8.00. The molecule has 1 fully saturated rings. The molecule has 4 heterocycles. The van der Waals surface area contributed by atoms with Crippen molar-refractivity contribution in [3.8, 4) is 28.5 Å². The van der Waals surface area contributed by atoms with Gasteiger partial charge < -0.3 is 0 Å². The summed E-state index contributed by atoms with van der Waals surface area (Å²) in [7, 11) is 0. The Kier molecular flexibility index (Phi) is 5.99. The molecular formula is C33H28N6. The molecule has 39 heavy (non-hydrogen) atoms. The van der Waals surface area contributed by atoms with Crippen LogP contribution in [-0.2, 0) is 13.0 Å². The second-order valence-electron chi connectivity index (χ2n) is 10.5. The van der Waals surface area contributed by atoms with Gasteiger partial charge in [-0.15, -0.1) is 0 Å². The van der Waals surface area contributed by atoms with Crippen molar-refractivity contribution in [3.63, 3.8) is 0 Å². The van der Waals surface area contributed by atoms with Crippen LogP contribution in [0.15, 0.2) is 96.2 Å². The standard InChI is InChI=1S/C33H28N6/c34-20-24-8-11-30-28(18-24)19-31(36-30)26-13-16-38(17-14-26)21-23-6-9-27(10-7-23)33-29(25-4-2-1-3-5-25)22-39-32(37-33)12-15-35-39/h1-12,15,18,22,26H,13-14,16-17,19,21H2. The van der Waals surface area contributed by atoms with Crippen LogP contribution >= 0.6 is 0 Å². The second kappa shape index (κ2) is 9.94. The minimum Gasteiger partial charge on any atom is -0.299 e. The van der Waals surface area contributed by atoms with Crippen molar-refractivity contribution < 1.29 is 0 Å². The largest absolute Gasteiger partial charge is 0.299 e. The normalized spacial score (nSPS) is 15.7. The summed E-state index contributed by atoms with van der Waals surface area (Å²) >= 11 is 0. The van der Waals surface area contributed by atoms with Gasteiger partial charge in [0.2, 0.25) is 0 Å². The van der Waals surface area contributed by atoms with Gasteiger partial charge in [0.1, 0.15) is 0 Å². The van der Waals surface area contributed by atoms with Crippen LogP contribution in [0.25, 0.3) is 28.0 Å². The molecule has 190 valence electrons. The molecule has 0 radical (unpaired) electrons. The van der Waals surface area contributed by atoms with Crippen LogP contribution in [0.3, 0.4) is 0 Å². The highest BCUT2D eigenvalue weighted by atomic mass is 15.2. The second-order valence-corrected chi connectivity index (χ2v) is 10.5. The third-order valence-corrected chi connectivity index (χ3v) is 8.00. The molecule has 0 aliphatic carbocycles. The van der Waals surface area contributed by atoms with Crippen LogP contribution in [0.5, 0.6) is 0 Å². The van der Waals surface area contributed by atoms with Crippen molar-refractivity contribution in [1.29, 1.82) is 5.26 Å². The number of nitriles is 1. The number of aromatic nitrogens is 3. The Bertz CT molecular complexity index is 1720. The number of benzene rings is 3. The van der Waals surface area contributed by atoms with Gasteiger partial charge in [-0.1, -0.05) is 54.6 Å². The third kappa shape index (κ3) is 4.62. The maximum absolute atomic E-state index is 9.20. The Labute approximate surface area is 227 Å². The van der Waals surface area contributed by atoms with E-state index in [4.69, 9.17) is 9.98 Å². The van der Waals surface area contributed by atoms with E-state index >= 15 is 0 Å². The fourth-order valence-electron chi connectivity index (χ4n) is 5.88. The minimum absolute atomic E-state index is 0.530. The summed E-state index contributed by atoms with van der Waals surface area (Å²) in [6.45, 7) is 3.09. The maximum atomic E-state index is 9.20. The molecule has 0 amide bonds. The number of aliphatic imine (C=N–C) groups is 1. The molecule has 0 unspecified atom stereocenters. The van der Waals surface area contributed by atoms with E-state index in [2.05, 4.69) is 70.8 Å². The first-order valence-corrected chi connectivity index (χ1v) is 13.6. The first kappa shape index (κ1) is 23.5. The molecule has 0 spiro atoms. The van der Waals surface area contributed by atoms with Crippen LogP contribution in [0.2, 0.25) is 0 Å². The molecule has 2 aliphatic rings. The average molecular weight is 509 g/mol. The highest BCUT2D eigenvalue weighted by molar-refractivity contribution is 5.95. The van der Waals surface area contributed by atoms with Gasteiger partial charge in [-0.05, 0) is 60.8 Å². The number of likely N-dealkylation sites (tertiary alicyclic amines) is 1. The van der Waals surface area contributed by atoms with E-state index < -0.39 is 0 Å². The van der Waals surface area contributed by atoms with Crippen molar-refractivity contribution in [2.75, 3.05) is 13.1 Å². The van der Waals surface area contributed by atoms with Crippen molar-refractivity contribution in [2.45, 2.75) is 25.8 Å². The molecule has 2 aromatic heterocycles. The van der Waals surface area contributed by atoms with Crippen LogP contribution < -0.4 is 0 Å². The highest BCUT2D eigenvalue weighted by Crippen LogP contribution is 2.34. The zero-order valence-corrected chi connectivity index (χ0v) is 21.7. The first-order chi connectivity index (χ1) is 19.2. The van der Waals surface area contributed by atoms with Crippen LogP contribution in [0.4, 0.5) is 5.69 Å². The summed E-state index contributed by atoms with van der Waals surface area (Å²) in [4.78, 5) is 12.4. The predicted molar refractivity (Wildman–Crippen MR) is 154 cm³/mol. The summed E-state index contributed by atoms with van der Waals surface area (Å²) in [6.07, 6.45) is 7.01. The Hall–Kier alpha value is -4.60. The highest BCUT2D eigenvalue weighted by Gasteiger charge is 2.27. The van der Waals surface area contributed by atoms with E-state index in [1.165, 1.54) is 16.8 Å². The van der Waals surface area contributed by atoms with Crippen molar-refractivity contribution in [2.24, 2.45) is 10.9 Å². The lowest BCUT2D eigenvalue weighted by Gasteiger charge is -2.32. The molecule has 5 aromatic rings. The number of fused-ring (bicyclic) bond motifs is 2. The van der Waals surface area contributed by atoms with Gasteiger partial charge in [-0.25, -0.2) is 9.50 Å². The monoisotopic (exact) mass is 508 g/mol. The molecule has 7 rings (SSSR count). The average Bonchev–Trinajstić information content (AvgIpc) is 3.64. The van der Waals surface area contributed by atoms with Gasteiger partial charge >= 0.3 is 0 Å². The van der Waals surface area contributed by atoms with E-state index in [0.717, 1.165) is 78.2 Å². The Morgan fingerprint density at radius 3 is 2.51 bits per heavy atom. The van der Waals surface area contributed by atoms with E-state index in [1.807, 2.05) is 34.8 Å². The summed E-state index contributed by atoms with van der Waals surface area (Å²) in [5.74, 6) is 0.530. The van der Waals surface area contributed by atoms with Gasteiger partial charge in [0, 0.05) is 48.0 Å². The van der Waals surface area contributed by atoms with Gasteiger partial charge in [0.05, 0.1) is 29.2 Å². The molecular weight excluding hydrogens is 480 g/mol. The smallest absolute Gasteiger partial charge is 0.155 e. The zero-order valence-electron chi connectivity index (χ0n) is 21.7. The number of hydrogen-bond donors (Lipinski definition) is 0. The van der Waals surface area contributed by atoms with Gasteiger partial charge in [0.15, 0.2) is 5.65 Å². The van der Waals surface area contributed by atoms with Crippen molar-refractivity contribution >= 4 is 17.0 Å². The fourth-order valence-corrected chi connectivity index (χ4v) is 5.88. The number of hydrogen-bond acceptors (Lipinski definition) is 5. The topological polar surface area (TPSA) is 69.6 Å². The minimum atomic E-state index is 0.530. The number of piperidine rings is 1. The quantitative estimate of drug-likeness (QED) is 0.273. The molecule has 6 nitrogen and oxygen atoms in total. The number of rotatable bonds is 5. The molecule has 6 heteroatoms. The van der Waals surface area contributed by atoms with Crippen LogP contribution in [0.1, 0.15) is 29.5 Å². The molecule has 3 aromatic carbocycles. The zero-order chi connectivity index (χ0) is 26.2. The Morgan fingerprint density at radius 1 is 0.897 bits per heavy atom. The van der Waals surface area contributed by atoms with Gasteiger partial charge in [0.25, 0.3) is 0 Å².